The Labute approximate surface area is 392 Å². The second-order valence-electron chi connectivity index (χ2n) is 16.6. The van der Waals surface area contributed by atoms with Crippen LogP contribution in [0.1, 0.15) is 42.5 Å². The van der Waals surface area contributed by atoms with Crippen molar-refractivity contribution >= 4 is 47.5 Å². The Morgan fingerprint density at radius 3 is 1.90 bits per heavy atom. The van der Waals surface area contributed by atoms with E-state index in [1.54, 1.807) is 107 Å². The number of carbonyl (C=O) groups excluding carboxylic acids is 1. The third kappa shape index (κ3) is 9.81. The van der Waals surface area contributed by atoms with Gasteiger partial charge in [-0.2, -0.15) is 14.4 Å². The zero-order chi connectivity index (χ0) is 47.7. The molecular formula is C47H46N8O9S3. The Morgan fingerprint density at radius 2 is 1.36 bits per heavy atom. The molecule has 0 aliphatic carbocycles. The topological polar surface area (TPSA) is 209 Å². The Kier molecular flexibility index (Phi) is 13.0. The predicted octanol–water partition coefficient (Wildman–Crippen LogP) is 7.35. The third-order valence-corrected chi connectivity index (χ3v) is 16.0. The summed E-state index contributed by atoms with van der Waals surface area (Å²) < 4.78 is 86.1. The van der Waals surface area contributed by atoms with Gasteiger partial charge in [-0.15, -0.1) is 21.5 Å². The van der Waals surface area contributed by atoms with Crippen molar-refractivity contribution in [2.24, 2.45) is 0 Å². The smallest absolute Gasteiger partial charge is 0.410 e. The minimum atomic E-state index is -4.95. The summed E-state index contributed by atoms with van der Waals surface area (Å²) in [5, 5.41) is 22.3. The number of para-hydroxylation sites is 1. The highest BCUT2D eigenvalue weighted by molar-refractivity contribution is 7.94. The summed E-state index contributed by atoms with van der Waals surface area (Å²) in [5.74, 6) is 1.55. The molecule has 2 aromatic heterocycles. The van der Waals surface area contributed by atoms with Crippen molar-refractivity contribution in [1.82, 2.24) is 34.4 Å². The molecule has 17 nitrogen and oxygen atoms in total. The Hall–Kier alpha value is -6.92. The molecule has 0 spiro atoms. The number of aromatic nitrogens is 5. The number of fused-ring (bicyclic) bond motifs is 1. The number of nitriles is 1. The summed E-state index contributed by atoms with van der Waals surface area (Å²) in [6.07, 6.45) is -0.696. The maximum atomic E-state index is 16.1. The molecule has 1 fully saturated rings. The molecule has 1 aliphatic heterocycles. The summed E-state index contributed by atoms with van der Waals surface area (Å²) >= 11 is 1.15. The highest BCUT2D eigenvalue weighted by atomic mass is 32.2. The number of likely N-dealkylation sites (tertiary alicyclic amines) is 1. The number of amides is 1. The number of thiazole rings is 1. The van der Waals surface area contributed by atoms with Gasteiger partial charge in [-0.25, -0.2) is 26.6 Å². The van der Waals surface area contributed by atoms with E-state index < -0.39 is 46.6 Å². The van der Waals surface area contributed by atoms with Gasteiger partial charge in [0, 0.05) is 31.7 Å². The van der Waals surface area contributed by atoms with Crippen LogP contribution >= 0.6 is 11.3 Å². The number of sulfone groups is 1. The molecule has 346 valence electrons. The number of ether oxygens (including phenoxy) is 4. The lowest BCUT2D eigenvalue weighted by atomic mass is 9.98. The molecule has 0 radical (unpaired) electrons. The average molecular weight is 963 g/mol. The molecule has 0 bridgehead atoms. The van der Waals surface area contributed by atoms with Crippen molar-refractivity contribution in [3.8, 4) is 45.8 Å². The van der Waals surface area contributed by atoms with Crippen LogP contribution in [0.25, 0.3) is 32.7 Å². The van der Waals surface area contributed by atoms with E-state index in [-0.39, 0.29) is 54.7 Å². The number of carbonyl (C=O) groups is 1. The Morgan fingerprint density at radius 1 is 0.791 bits per heavy atom. The predicted molar refractivity (Wildman–Crippen MR) is 250 cm³/mol. The van der Waals surface area contributed by atoms with Gasteiger partial charge in [-0.1, -0.05) is 54.6 Å². The van der Waals surface area contributed by atoms with Gasteiger partial charge in [-0.3, -0.25) is 0 Å². The molecule has 1 aliphatic rings. The molecule has 0 atom stereocenters. The summed E-state index contributed by atoms with van der Waals surface area (Å²) in [6, 6.07) is 31.0. The maximum Gasteiger partial charge on any atom is 0.410 e. The van der Waals surface area contributed by atoms with Gasteiger partial charge in [0.15, 0.2) is 14.8 Å². The molecule has 3 heterocycles. The van der Waals surface area contributed by atoms with E-state index in [1.165, 1.54) is 40.4 Å². The van der Waals surface area contributed by atoms with E-state index in [1.807, 2.05) is 12.1 Å². The van der Waals surface area contributed by atoms with E-state index in [4.69, 9.17) is 24.0 Å². The van der Waals surface area contributed by atoms with Crippen molar-refractivity contribution in [1.29, 1.82) is 5.26 Å². The van der Waals surface area contributed by atoms with Gasteiger partial charge in [0.25, 0.3) is 0 Å². The van der Waals surface area contributed by atoms with Crippen LogP contribution in [0.5, 0.6) is 17.2 Å². The lowest BCUT2D eigenvalue weighted by molar-refractivity contribution is 0.0139. The molecule has 0 saturated carbocycles. The van der Waals surface area contributed by atoms with Crippen molar-refractivity contribution in [3.05, 3.63) is 125 Å². The first-order valence-corrected chi connectivity index (χ1v) is 24.7. The fraction of sp³-hybridized carbons (Fsp3) is 0.277. The summed E-state index contributed by atoms with van der Waals surface area (Å²) in [5.41, 5.74) is 1.94. The number of tetrazole rings is 1. The van der Waals surface area contributed by atoms with Gasteiger partial charge in [0.1, 0.15) is 39.1 Å². The molecule has 8 rings (SSSR count). The zero-order valence-corrected chi connectivity index (χ0v) is 39.9. The van der Waals surface area contributed by atoms with Crippen molar-refractivity contribution in [2.75, 3.05) is 34.4 Å². The molecule has 20 heteroatoms. The molecule has 67 heavy (non-hydrogen) atoms. The fourth-order valence-electron chi connectivity index (χ4n) is 7.52. The van der Waals surface area contributed by atoms with Crippen molar-refractivity contribution < 1.29 is 40.6 Å². The number of methoxy groups -OCH3 is 3. The number of hydrogen-bond donors (Lipinski definition) is 0. The van der Waals surface area contributed by atoms with Crippen molar-refractivity contribution in [2.45, 2.75) is 61.0 Å². The van der Waals surface area contributed by atoms with Crippen LogP contribution < -0.4 is 14.2 Å². The highest BCUT2D eigenvalue weighted by Gasteiger charge is 2.46. The lowest BCUT2D eigenvalue weighted by Crippen LogP contribution is -2.57. The number of sulfonamides is 1. The van der Waals surface area contributed by atoms with E-state index in [0.29, 0.717) is 44.2 Å². The molecule has 0 unspecified atom stereocenters. The minimum Gasteiger partial charge on any atom is -0.497 e. The molecule has 1 saturated heterocycles. The van der Waals surface area contributed by atoms with Gasteiger partial charge in [0.2, 0.25) is 15.8 Å². The standard InChI is InChI=1S/C47H46N8O9S3/c1-47(2,3)64-46(56)53-28-36(29-53)66(57,58)40-23-22-37(38-8-7-9-39-43(38)49-41(24-48)65-39)42(45-50-52-55(51-45)27-32-14-20-35(63-6)21-15-32)44(40)67(59,60)54(25-30-10-16-33(61-4)17-11-30)26-31-12-18-34(62-5)19-13-31/h7-23,36H,25-29H2,1-6H3. The van der Waals surface area contributed by atoms with Gasteiger partial charge in [0.05, 0.1) is 48.5 Å². The van der Waals surface area contributed by atoms with Crippen LogP contribution in [0.15, 0.2) is 113 Å². The minimum absolute atomic E-state index is 0.114. The van der Waals surface area contributed by atoms with Crippen molar-refractivity contribution in [3.63, 3.8) is 0 Å². The van der Waals surface area contributed by atoms with Crippen LogP contribution in [-0.4, -0.2) is 103 Å². The van der Waals surface area contributed by atoms with E-state index in [9.17, 15) is 10.1 Å². The first-order chi connectivity index (χ1) is 32.0. The quantitative estimate of drug-likeness (QED) is 0.0985. The second-order valence-corrected chi connectivity index (χ2v) is 21.7. The number of benzene rings is 5. The molecule has 7 aromatic rings. The highest BCUT2D eigenvalue weighted by Crippen LogP contribution is 2.45. The van der Waals surface area contributed by atoms with Crippen LogP contribution in [-0.2, 0) is 44.2 Å². The third-order valence-electron chi connectivity index (χ3n) is 11.0. The van der Waals surface area contributed by atoms with Crippen LogP contribution in [0, 0.1) is 11.3 Å². The monoisotopic (exact) mass is 962 g/mol. The SMILES string of the molecule is COc1ccc(CN(Cc2ccc(OC)cc2)S(=O)(=O)c2c(S(=O)(=O)C3CN(C(=O)OC(C)(C)C)C3)ccc(-c3cccc4sc(C#N)nc34)c2-c2nnn(Cc3ccc(OC)cc3)n2)cc1. The van der Waals surface area contributed by atoms with Crippen LogP contribution in [0.3, 0.4) is 0 Å². The molecule has 0 N–H and O–H groups in total. The number of rotatable bonds is 15. The number of nitrogens with zero attached hydrogens (tertiary/aromatic N) is 8. The van der Waals surface area contributed by atoms with Crippen LogP contribution in [0.2, 0.25) is 0 Å². The van der Waals surface area contributed by atoms with E-state index in [2.05, 4.69) is 21.4 Å². The normalized spacial score (nSPS) is 13.3. The Bertz CT molecular complexity index is 3160. The summed E-state index contributed by atoms with van der Waals surface area (Å²) in [6.45, 7) is 4.32. The second kappa shape index (κ2) is 18.8. The van der Waals surface area contributed by atoms with Crippen LogP contribution in [0.4, 0.5) is 4.79 Å². The fourth-order valence-corrected chi connectivity index (χ4v) is 12.4. The lowest BCUT2D eigenvalue weighted by Gasteiger charge is -2.39. The Balaban J connectivity index is 1.37. The van der Waals surface area contributed by atoms with Gasteiger partial charge >= 0.3 is 6.09 Å². The van der Waals surface area contributed by atoms with Gasteiger partial charge in [-0.05, 0) is 96.8 Å². The summed E-state index contributed by atoms with van der Waals surface area (Å²) in [7, 11) is -4.93. The molecular weight excluding hydrogens is 917 g/mol. The first-order valence-electron chi connectivity index (χ1n) is 20.9. The first kappa shape index (κ1) is 46.6. The maximum absolute atomic E-state index is 16.1. The van der Waals surface area contributed by atoms with E-state index >= 15 is 16.8 Å². The zero-order valence-electron chi connectivity index (χ0n) is 37.4. The van der Waals surface area contributed by atoms with E-state index in [0.717, 1.165) is 16.9 Å². The van der Waals surface area contributed by atoms with Gasteiger partial charge < -0.3 is 23.8 Å². The molecule has 1 amide bonds. The average Bonchev–Trinajstić information content (AvgIpc) is 3.95. The number of hydrogen-bond acceptors (Lipinski definition) is 15. The molecule has 5 aromatic carbocycles. The largest absolute Gasteiger partial charge is 0.497 e. The summed E-state index contributed by atoms with van der Waals surface area (Å²) in [4.78, 5) is 19.1.